The Kier molecular flexibility index (Phi) is 2.83. The minimum atomic E-state index is -0.223. The van der Waals surface area contributed by atoms with E-state index in [0.717, 1.165) is 12.2 Å². The number of rotatable bonds is 2. The summed E-state index contributed by atoms with van der Waals surface area (Å²) < 4.78 is 7.20. The molecule has 1 aliphatic heterocycles. The quantitative estimate of drug-likeness (QED) is 0.856. The molecule has 6 heteroatoms. The molecule has 0 unspecified atom stereocenters. The van der Waals surface area contributed by atoms with Crippen LogP contribution in [-0.4, -0.2) is 28.8 Å². The van der Waals surface area contributed by atoms with Crippen LogP contribution in [0.5, 0.6) is 5.75 Å². The lowest BCUT2D eigenvalue weighted by molar-refractivity contribution is 0.102. The molecule has 6 nitrogen and oxygen atoms in total. The van der Waals surface area contributed by atoms with E-state index in [0.29, 0.717) is 23.7 Å². The number of ether oxygens (including phenoxy) is 1. The second-order valence-electron chi connectivity index (χ2n) is 4.29. The number of para-hydroxylation sites is 1. The second kappa shape index (κ2) is 4.64. The molecule has 0 aliphatic carbocycles. The van der Waals surface area contributed by atoms with Crippen LogP contribution in [0.1, 0.15) is 10.4 Å². The van der Waals surface area contributed by atoms with Gasteiger partial charge in [0, 0.05) is 25.9 Å². The van der Waals surface area contributed by atoms with Crippen molar-refractivity contribution in [3.63, 3.8) is 0 Å². The summed E-state index contributed by atoms with van der Waals surface area (Å²) in [5.74, 6) is 0.898. The number of nitrogens with zero attached hydrogens (tertiary/aromatic N) is 2. The van der Waals surface area contributed by atoms with E-state index in [4.69, 9.17) is 4.74 Å². The standard InChI is InChI=1S/C13H14N4O2/c1-17-7-5-11(16-17)15-13(18)9-3-2-4-10-12(9)19-8-6-14-10/h2-5,7,14H,6,8H2,1H3,(H,15,16,18). The summed E-state index contributed by atoms with van der Waals surface area (Å²) in [5.41, 5.74) is 1.36. The number of fused-ring (bicyclic) bond motifs is 1. The Bertz CT molecular complexity index is 621. The minimum absolute atomic E-state index is 0.223. The van der Waals surface area contributed by atoms with E-state index in [9.17, 15) is 4.79 Å². The van der Waals surface area contributed by atoms with Gasteiger partial charge in [-0.15, -0.1) is 0 Å². The fourth-order valence-electron chi connectivity index (χ4n) is 2.01. The minimum Gasteiger partial charge on any atom is -0.489 e. The SMILES string of the molecule is Cn1ccc(NC(=O)c2cccc3c2OCCN3)n1. The predicted octanol–water partition coefficient (Wildman–Crippen LogP) is 1.48. The van der Waals surface area contributed by atoms with Crippen molar-refractivity contribution in [2.24, 2.45) is 7.05 Å². The van der Waals surface area contributed by atoms with Gasteiger partial charge in [0.25, 0.3) is 5.91 Å². The third-order valence-corrected chi connectivity index (χ3v) is 2.88. The van der Waals surface area contributed by atoms with Crippen LogP contribution in [0.4, 0.5) is 11.5 Å². The maximum Gasteiger partial charge on any atom is 0.260 e. The van der Waals surface area contributed by atoms with Crippen molar-refractivity contribution in [3.8, 4) is 5.75 Å². The van der Waals surface area contributed by atoms with Crippen LogP contribution in [0.15, 0.2) is 30.5 Å². The monoisotopic (exact) mass is 258 g/mol. The molecule has 1 aliphatic rings. The van der Waals surface area contributed by atoms with E-state index in [1.54, 1.807) is 30.1 Å². The summed E-state index contributed by atoms with van der Waals surface area (Å²) in [7, 11) is 1.80. The van der Waals surface area contributed by atoms with Crippen molar-refractivity contribution in [2.45, 2.75) is 0 Å². The molecular weight excluding hydrogens is 244 g/mol. The molecular formula is C13H14N4O2. The Morgan fingerprint density at radius 1 is 1.47 bits per heavy atom. The predicted molar refractivity (Wildman–Crippen MR) is 71.6 cm³/mol. The largest absolute Gasteiger partial charge is 0.489 e. The third kappa shape index (κ3) is 2.24. The van der Waals surface area contributed by atoms with Gasteiger partial charge in [0.2, 0.25) is 0 Å². The summed E-state index contributed by atoms with van der Waals surface area (Å²) >= 11 is 0. The number of anilines is 2. The van der Waals surface area contributed by atoms with Crippen LogP contribution >= 0.6 is 0 Å². The van der Waals surface area contributed by atoms with Crippen molar-refractivity contribution in [1.82, 2.24) is 9.78 Å². The third-order valence-electron chi connectivity index (χ3n) is 2.88. The summed E-state index contributed by atoms with van der Waals surface area (Å²) in [5, 5.41) is 10.1. The summed E-state index contributed by atoms with van der Waals surface area (Å²) in [6.07, 6.45) is 1.77. The number of nitrogens with one attached hydrogen (secondary N) is 2. The first kappa shape index (κ1) is 11.6. The van der Waals surface area contributed by atoms with Gasteiger partial charge in [-0.2, -0.15) is 5.10 Å². The van der Waals surface area contributed by atoms with Crippen molar-refractivity contribution in [2.75, 3.05) is 23.8 Å². The molecule has 1 amide bonds. The van der Waals surface area contributed by atoms with E-state index >= 15 is 0 Å². The highest BCUT2D eigenvalue weighted by molar-refractivity contribution is 6.07. The molecule has 2 heterocycles. The molecule has 2 aromatic rings. The number of aromatic nitrogens is 2. The number of benzene rings is 1. The maximum atomic E-state index is 12.2. The maximum absolute atomic E-state index is 12.2. The molecule has 1 aromatic carbocycles. The van der Waals surface area contributed by atoms with Crippen LogP contribution < -0.4 is 15.4 Å². The number of aryl methyl sites for hydroxylation is 1. The molecule has 2 N–H and O–H groups in total. The number of hydrogen-bond donors (Lipinski definition) is 2. The van der Waals surface area contributed by atoms with E-state index in [1.165, 1.54) is 0 Å². The van der Waals surface area contributed by atoms with Gasteiger partial charge in [0.15, 0.2) is 11.6 Å². The molecule has 0 bridgehead atoms. The van der Waals surface area contributed by atoms with Gasteiger partial charge in [-0.05, 0) is 12.1 Å². The average molecular weight is 258 g/mol. The first-order chi connectivity index (χ1) is 9.24. The van der Waals surface area contributed by atoms with E-state index in [1.807, 2.05) is 12.1 Å². The smallest absolute Gasteiger partial charge is 0.260 e. The van der Waals surface area contributed by atoms with Gasteiger partial charge in [-0.3, -0.25) is 9.48 Å². The zero-order valence-electron chi connectivity index (χ0n) is 10.5. The number of carbonyl (C=O) groups is 1. The van der Waals surface area contributed by atoms with Crippen LogP contribution in [0.2, 0.25) is 0 Å². The first-order valence-electron chi connectivity index (χ1n) is 6.05. The highest BCUT2D eigenvalue weighted by atomic mass is 16.5. The van der Waals surface area contributed by atoms with E-state index in [-0.39, 0.29) is 5.91 Å². The van der Waals surface area contributed by atoms with Gasteiger partial charge < -0.3 is 15.4 Å². The average Bonchev–Trinajstić information content (AvgIpc) is 2.83. The van der Waals surface area contributed by atoms with Crippen LogP contribution in [0, 0.1) is 0 Å². The molecule has 1 aromatic heterocycles. The van der Waals surface area contributed by atoms with Gasteiger partial charge >= 0.3 is 0 Å². The highest BCUT2D eigenvalue weighted by Crippen LogP contribution is 2.31. The van der Waals surface area contributed by atoms with Gasteiger partial charge in [0.1, 0.15) is 6.61 Å². The summed E-state index contributed by atoms with van der Waals surface area (Å²) in [6, 6.07) is 7.20. The summed E-state index contributed by atoms with van der Waals surface area (Å²) in [4.78, 5) is 12.2. The Labute approximate surface area is 110 Å². The molecule has 19 heavy (non-hydrogen) atoms. The first-order valence-corrected chi connectivity index (χ1v) is 6.05. The fraction of sp³-hybridized carbons (Fsp3) is 0.231. The molecule has 0 saturated carbocycles. The van der Waals surface area contributed by atoms with Crippen molar-refractivity contribution >= 4 is 17.4 Å². The number of carbonyl (C=O) groups excluding carboxylic acids is 1. The molecule has 0 saturated heterocycles. The molecule has 3 rings (SSSR count). The van der Waals surface area contributed by atoms with Crippen LogP contribution in [0.25, 0.3) is 0 Å². The lowest BCUT2D eigenvalue weighted by atomic mass is 10.1. The Balaban J connectivity index is 1.87. The van der Waals surface area contributed by atoms with Crippen LogP contribution in [-0.2, 0) is 7.05 Å². The second-order valence-corrected chi connectivity index (χ2v) is 4.29. The van der Waals surface area contributed by atoms with Crippen molar-refractivity contribution in [1.29, 1.82) is 0 Å². The zero-order chi connectivity index (χ0) is 13.2. The molecule has 0 radical (unpaired) electrons. The molecule has 0 spiro atoms. The lowest BCUT2D eigenvalue weighted by Gasteiger charge is -2.21. The van der Waals surface area contributed by atoms with Crippen molar-refractivity contribution in [3.05, 3.63) is 36.0 Å². The molecule has 0 fully saturated rings. The Hall–Kier alpha value is -2.50. The Morgan fingerprint density at radius 2 is 2.37 bits per heavy atom. The summed E-state index contributed by atoms with van der Waals surface area (Å²) in [6.45, 7) is 1.30. The van der Waals surface area contributed by atoms with E-state index in [2.05, 4.69) is 15.7 Å². The lowest BCUT2D eigenvalue weighted by Crippen LogP contribution is -2.22. The Morgan fingerprint density at radius 3 is 3.16 bits per heavy atom. The molecule has 0 atom stereocenters. The highest BCUT2D eigenvalue weighted by Gasteiger charge is 2.19. The van der Waals surface area contributed by atoms with E-state index < -0.39 is 0 Å². The van der Waals surface area contributed by atoms with Crippen molar-refractivity contribution < 1.29 is 9.53 Å². The van der Waals surface area contributed by atoms with Gasteiger partial charge in [-0.1, -0.05) is 6.07 Å². The molecule has 98 valence electrons. The van der Waals surface area contributed by atoms with Gasteiger partial charge in [-0.25, -0.2) is 0 Å². The van der Waals surface area contributed by atoms with Crippen LogP contribution in [0.3, 0.4) is 0 Å². The topological polar surface area (TPSA) is 68.2 Å². The normalized spacial score (nSPS) is 13.1. The zero-order valence-corrected chi connectivity index (χ0v) is 10.5. The van der Waals surface area contributed by atoms with Gasteiger partial charge in [0.05, 0.1) is 11.3 Å². The number of hydrogen-bond acceptors (Lipinski definition) is 4. The number of amides is 1. The fourth-order valence-corrected chi connectivity index (χ4v) is 2.01.